The Balaban J connectivity index is 2.08. The molecule has 0 spiro atoms. The molecule has 0 aromatic heterocycles. The van der Waals surface area contributed by atoms with Crippen LogP contribution >= 0.6 is 0 Å². The van der Waals surface area contributed by atoms with Gasteiger partial charge in [0.2, 0.25) is 0 Å². The van der Waals surface area contributed by atoms with Gasteiger partial charge in [0.1, 0.15) is 6.10 Å². The van der Waals surface area contributed by atoms with E-state index in [9.17, 15) is 5.11 Å². The van der Waals surface area contributed by atoms with Crippen LogP contribution in [-0.4, -0.2) is 30.5 Å². The van der Waals surface area contributed by atoms with Crippen molar-refractivity contribution in [2.75, 3.05) is 19.8 Å². The molecule has 0 aliphatic rings. The molecule has 0 fully saturated rings. The normalized spacial score (nSPS) is 14.8. The van der Waals surface area contributed by atoms with E-state index in [1.165, 1.54) is 31.3 Å². The van der Waals surface area contributed by atoms with E-state index in [0.29, 0.717) is 25.0 Å². The highest BCUT2D eigenvalue weighted by atomic mass is 16.5. The van der Waals surface area contributed by atoms with Gasteiger partial charge < -0.3 is 14.6 Å². The zero-order chi connectivity index (χ0) is 23.1. The number of aliphatic hydroxyl groups is 1. The molecule has 178 valence electrons. The number of hydrogen-bond acceptors (Lipinski definition) is 3. The molecular formula is C28H48O3. The third-order valence-corrected chi connectivity index (χ3v) is 6.01. The Morgan fingerprint density at radius 2 is 1.61 bits per heavy atom. The monoisotopic (exact) mass is 432 g/mol. The van der Waals surface area contributed by atoms with E-state index < -0.39 is 6.10 Å². The molecule has 0 heterocycles. The van der Waals surface area contributed by atoms with Crippen molar-refractivity contribution in [1.82, 2.24) is 0 Å². The average Bonchev–Trinajstić information content (AvgIpc) is 2.71. The minimum atomic E-state index is -0.538. The van der Waals surface area contributed by atoms with E-state index in [2.05, 4.69) is 47.6 Å². The number of ether oxygens (including phenoxy) is 2. The van der Waals surface area contributed by atoms with Crippen LogP contribution in [0.2, 0.25) is 0 Å². The van der Waals surface area contributed by atoms with E-state index in [1.54, 1.807) is 0 Å². The van der Waals surface area contributed by atoms with Crippen molar-refractivity contribution < 1.29 is 14.6 Å². The molecule has 0 saturated heterocycles. The highest BCUT2D eigenvalue weighted by Gasteiger charge is 2.19. The summed E-state index contributed by atoms with van der Waals surface area (Å²) in [6, 6.07) is 9.72. The molecule has 1 N–H and O–H groups in total. The van der Waals surface area contributed by atoms with Crippen LogP contribution in [0, 0.1) is 11.8 Å². The van der Waals surface area contributed by atoms with Crippen LogP contribution in [0.1, 0.15) is 98.2 Å². The van der Waals surface area contributed by atoms with E-state index in [4.69, 9.17) is 9.47 Å². The summed E-state index contributed by atoms with van der Waals surface area (Å²) < 4.78 is 11.9. The predicted molar refractivity (Wildman–Crippen MR) is 132 cm³/mol. The Kier molecular flexibility index (Phi) is 14.0. The van der Waals surface area contributed by atoms with Crippen LogP contribution in [0.25, 0.3) is 0 Å². The number of hydrogen-bond donors (Lipinski definition) is 1. The minimum absolute atomic E-state index is 0.0460. The summed E-state index contributed by atoms with van der Waals surface area (Å²) in [6.45, 7) is 15.3. The van der Waals surface area contributed by atoms with Crippen molar-refractivity contribution in [2.45, 2.75) is 98.2 Å². The highest BCUT2D eigenvalue weighted by molar-refractivity contribution is 5.17. The molecular weight excluding hydrogens is 384 g/mol. The van der Waals surface area contributed by atoms with Crippen molar-refractivity contribution in [3.05, 3.63) is 47.5 Å². The number of benzene rings is 1. The molecule has 0 aliphatic heterocycles. The van der Waals surface area contributed by atoms with Crippen molar-refractivity contribution in [2.24, 2.45) is 11.8 Å². The molecule has 31 heavy (non-hydrogen) atoms. The summed E-state index contributed by atoms with van der Waals surface area (Å²) in [6.07, 6.45) is 9.86. The van der Waals surface area contributed by atoms with Gasteiger partial charge in [-0.05, 0) is 77.2 Å². The molecule has 1 rings (SSSR count). The SMILES string of the molecule is CC(C)=CCCC(C)CCOC(C)(C)CCCC(C)CCOCC(O)c1ccccc1. The largest absolute Gasteiger partial charge is 0.386 e. The van der Waals surface area contributed by atoms with Crippen LogP contribution in [0.5, 0.6) is 0 Å². The third kappa shape index (κ3) is 14.5. The van der Waals surface area contributed by atoms with Crippen molar-refractivity contribution in [1.29, 1.82) is 0 Å². The zero-order valence-corrected chi connectivity index (χ0v) is 21.0. The second-order valence-corrected chi connectivity index (χ2v) is 10.1. The summed E-state index contributed by atoms with van der Waals surface area (Å²) in [4.78, 5) is 0. The molecule has 1 aromatic rings. The smallest absolute Gasteiger partial charge is 0.102 e. The van der Waals surface area contributed by atoms with Crippen LogP contribution in [0.4, 0.5) is 0 Å². The fourth-order valence-electron chi connectivity index (χ4n) is 3.68. The lowest BCUT2D eigenvalue weighted by Crippen LogP contribution is -2.25. The molecule has 1 aromatic carbocycles. The van der Waals surface area contributed by atoms with E-state index in [-0.39, 0.29) is 5.60 Å². The van der Waals surface area contributed by atoms with Crippen LogP contribution in [-0.2, 0) is 9.47 Å². The second kappa shape index (κ2) is 15.6. The minimum Gasteiger partial charge on any atom is -0.386 e. The van der Waals surface area contributed by atoms with Gasteiger partial charge in [0.25, 0.3) is 0 Å². The molecule has 3 nitrogen and oxygen atoms in total. The first-order chi connectivity index (χ1) is 14.7. The molecule has 0 bridgehead atoms. The highest BCUT2D eigenvalue weighted by Crippen LogP contribution is 2.23. The maximum absolute atomic E-state index is 10.1. The number of aliphatic hydroxyl groups excluding tert-OH is 1. The standard InChI is InChI=1S/C28H48O3/c1-23(2)12-10-13-24(3)18-21-31-28(5,6)19-11-14-25(4)17-20-30-22-27(29)26-15-8-7-9-16-26/h7-9,12,15-16,24-25,27,29H,10-11,13-14,17-22H2,1-6H3. The first-order valence-corrected chi connectivity index (χ1v) is 12.3. The molecule has 0 saturated carbocycles. The second-order valence-electron chi connectivity index (χ2n) is 10.1. The van der Waals surface area contributed by atoms with Gasteiger partial charge in [-0.25, -0.2) is 0 Å². The quantitative estimate of drug-likeness (QED) is 0.204. The topological polar surface area (TPSA) is 38.7 Å². The fraction of sp³-hybridized carbons (Fsp3) is 0.714. The number of rotatable bonds is 17. The summed E-state index contributed by atoms with van der Waals surface area (Å²) in [5.74, 6) is 1.34. The maximum Gasteiger partial charge on any atom is 0.102 e. The summed E-state index contributed by atoms with van der Waals surface area (Å²) >= 11 is 0. The third-order valence-electron chi connectivity index (χ3n) is 6.01. The Morgan fingerprint density at radius 3 is 2.29 bits per heavy atom. The van der Waals surface area contributed by atoms with Crippen molar-refractivity contribution in [3.63, 3.8) is 0 Å². The molecule has 3 heteroatoms. The Bertz CT molecular complexity index is 590. The lowest BCUT2D eigenvalue weighted by atomic mass is 9.95. The van der Waals surface area contributed by atoms with E-state index in [1.807, 2.05) is 30.3 Å². The molecule has 0 amide bonds. The van der Waals surface area contributed by atoms with E-state index in [0.717, 1.165) is 31.4 Å². The fourth-order valence-corrected chi connectivity index (χ4v) is 3.68. The predicted octanol–water partition coefficient (Wildman–Crippen LogP) is 7.50. The Morgan fingerprint density at radius 1 is 0.968 bits per heavy atom. The Hall–Kier alpha value is -1.16. The molecule has 0 radical (unpaired) electrons. The summed E-state index contributed by atoms with van der Waals surface area (Å²) in [5, 5.41) is 10.1. The van der Waals surface area contributed by atoms with Crippen molar-refractivity contribution >= 4 is 0 Å². The zero-order valence-electron chi connectivity index (χ0n) is 21.0. The lowest BCUT2D eigenvalue weighted by Gasteiger charge is -2.27. The van der Waals surface area contributed by atoms with Gasteiger partial charge in [-0.3, -0.25) is 0 Å². The van der Waals surface area contributed by atoms with Crippen molar-refractivity contribution in [3.8, 4) is 0 Å². The molecule has 0 aliphatic carbocycles. The van der Waals surface area contributed by atoms with Gasteiger partial charge in [0.15, 0.2) is 0 Å². The first kappa shape index (κ1) is 27.9. The van der Waals surface area contributed by atoms with Gasteiger partial charge in [-0.1, -0.05) is 68.7 Å². The van der Waals surface area contributed by atoms with Crippen LogP contribution in [0.15, 0.2) is 42.0 Å². The molecule has 3 atom stereocenters. The molecule has 3 unspecified atom stereocenters. The number of allylic oxidation sites excluding steroid dienone is 2. The Labute approximate surface area is 192 Å². The maximum atomic E-state index is 10.1. The van der Waals surface area contributed by atoms with Gasteiger partial charge in [-0.2, -0.15) is 0 Å². The summed E-state index contributed by atoms with van der Waals surface area (Å²) in [5.41, 5.74) is 2.28. The van der Waals surface area contributed by atoms with Crippen LogP contribution < -0.4 is 0 Å². The average molecular weight is 433 g/mol. The van der Waals surface area contributed by atoms with E-state index >= 15 is 0 Å². The van der Waals surface area contributed by atoms with Gasteiger partial charge >= 0.3 is 0 Å². The van der Waals surface area contributed by atoms with Crippen LogP contribution in [0.3, 0.4) is 0 Å². The first-order valence-electron chi connectivity index (χ1n) is 12.3. The van der Waals surface area contributed by atoms with Gasteiger partial charge in [0, 0.05) is 13.2 Å². The lowest BCUT2D eigenvalue weighted by molar-refractivity contribution is -0.0308. The van der Waals surface area contributed by atoms with Gasteiger partial charge in [0.05, 0.1) is 12.2 Å². The summed E-state index contributed by atoms with van der Waals surface area (Å²) in [7, 11) is 0. The van der Waals surface area contributed by atoms with Gasteiger partial charge in [-0.15, -0.1) is 0 Å².